The summed E-state index contributed by atoms with van der Waals surface area (Å²) in [5.41, 5.74) is 1.29. The summed E-state index contributed by atoms with van der Waals surface area (Å²) in [6.45, 7) is 1.21. The Balaban J connectivity index is 1.81. The Morgan fingerprint density at radius 1 is 1.19 bits per heavy atom. The summed E-state index contributed by atoms with van der Waals surface area (Å²) < 4.78 is 33.2. The van der Waals surface area contributed by atoms with Gasteiger partial charge in [-0.1, -0.05) is 35.3 Å². The van der Waals surface area contributed by atoms with Crippen LogP contribution in [0.15, 0.2) is 42.6 Å². The zero-order valence-electron chi connectivity index (χ0n) is 14.1. The van der Waals surface area contributed by atoms with Gasteiger partial charge in [-0.05, 0) is 42.7 Å². The predicted octanol–water partition coefficient (Wildman–Crippen LogP) is 3.90. The van der Waals surface area contributed by atoms with Crippen LogP contribution in [0.2, 0.25) is 10.0 Å². The van der Waals surface area contributed by atoms with Crippen LogP contribution < -0.4 is 0 Å². The van der Waals surface area contributed by atoms with Crippen molar-refractivity contribution in [3.8, 4) is 0 Å². The van der Waals surface area contributed by atoms with E-state index in [1.807, 2.05) is 12.1 Å². The first-order valence-electron chi connectivity index (χ1n) is 8.37. The fourth-order valence-corrected chi connectivity index (χ4v) is 4.72. The van der Waals surface area contributed by atoms with Gasteiger partial charge in [0.2, 0.25) is 10.0 Å². The molecule has 0 N–H and O–H groups in total. The molecule has 2 aromatic rings. The minimum absolute atomic E-state index is 0.0812. The molecule has 26 heavy (non-hydrogen) atoms. The molecule has 1 fully saturated rings. The van der Waals surface area contributed by atoms with Gasteiger partial charge in [0, 0.05) is 19.3 Å². The van der Waals surface area contributed by atoms with Gasteiger partial charge in [0.1, 0.15) is 0 Å². The molecule has 0 bridgehead atoms. The Morgan fingerprint density at radius 2 is 2.04 bits per heavy atom. The van der Waals surface area contributed by atoms with Crippen molar-refractivity contribution >= 4 is 33.2 Å². The van der Waals surface area contributed by atoms with E-state index in [9.17, 15) is 8.42 Å². The molecule has 0 amide bonds. The van der Waals surface area contributed by atoms with Crippen molar-refractivity contribution < 1.29 is 13.2 Å². The molecule has 0 saturated carbocycles. The van der Waals surface area contributed by atoms with Gasteiger partial charge in [-0.15, -0.1) is 0 Å². The molecule has 0 spiro atoms. The van der Waals surface area contributed by atoms with Crippen molar-refractivity contribution in [1.82, 2.24) is 9.29 Å². The second kappa shape index (κ2) is 8.67. The van der Waals surface area contributed by atoms with Crippen LogP contribution >= 0.6 is 23.2 Å². The highest BCUT2D eigenvalue weighted by Crippen LogP contribution is 2.25. The summed E-state index contributed by atoms with van der Waals surface area (Å²) in [5.74, 6) is -0.149. The summed E-state index contributed by atoms with van der Waals surface area (Å²) in [7, 11) is -3.58. The largest absolute Gasteiger partial charge is 0.377 e. The first-order chi connectivity index (χ1) is 12.4. The van der Waals surface area contributed by atoms with E-state index in [1.165, 1.54) is 4.31 Å². The molecule has 1 aliphatic rings. The van der Waals surface area contributed by atoms with Gasteiger partial charge >= 0.3 is 0 Å². The number of pyridine rings is 1. The molecule has 1 saturated heterocycles. The van der Waals surface area contributed by atoms with Gasteiger partial charge in [-0.3, -0.25) is 4.98 Å². The second-order valence-electron chi connectivity index (χ2n) is 6.25. The van der Waals surface area contributed by atoms with E-state index in [1.54, 1.807) is 30.5 Å². The molecule has 0 aliphatic carbocycles. The van der Waals surface area contributed by atoms with E-state index in [-0.39, 0.29) is 18.4 Å². The van der Waals surface area contributed by atoms with Crippen LogP contribution in [-0.2, 0) is 27.1 Å². The quantitative estimate of drug-likeness (QED) is 0.688. The van der Waals surface area contributed by atoms with Gasteiger partial charge < -0.3 is 4.74 Å². The Kier molecular flexibility index (Phi) is 6.53. The highest BCUT2D eigenvalue weighted by molar-refractivity contribution is 7.88. The lowest BCUT2D eigenvalue weighted by atomic mass is 10.2. The second-order valence-corrected chi connectivity index (χ2v) is 9.04. The van der Waals surface area contributed by atoms with Gasteiger partial charge in [0.15, 0.2) is 0 Å². The molecule has 8 heteroatoms. The van der Waals surface area contributed by atoms with Crippen LogP contribution in [0.5, 0.6) is 0 Å². The first-order valence-corrected chi connectivity index (χ1v) is 10.7. The lowest BCUT2D eigenvalue weighted by molar-refractivity contribution is 0.0923. The summed E-state index contributed by atoms with van der Waals surface area (Å²) in [6.07, 6.45) is 3.39. The average molecular weight is 415 g/mol. The number of halogens is 2. The van der Waals surface area contributed by atoms with E-state index in [0.717, 1.165) is 12.8 Å². The van der Waals surface area contributed by atoms with Gasteiger partial charge in [0.05, 0.1) is 34.1 Å². The lowest BCUT2D eigenvalue weighted by Gasteiger charge is -2.24. The van der Waals surface area contributed by atoms with Gasteiger partial charge in [-0.25, -0.2) is 8.42 Å². The van der Waals surface area contributed by atoms with E-state index in [4.69, 9.17) is 27.9 Å². The van der Waals surface area contributed by atoms with E-state index >= 15 is 0 Å². The number of benzene rings is 1. The summed E-state index contributed by atoms with van der Waals surface area (Å²) in [4.78, 5) is 4.25. The zero-order valence-corrected chi connectivity index (χ0v) is 16.5. The van der Waals surface area contributed by atoms with Crippen molar-refractivity contribution in [2.75, 3.05) is 13.2 Å². The SMILES string of the molecule is O=S(=O)(Cc1ccc(Cl)c(Cl)c1)N(Cc1ccccn1)C[C@H]1CCCO1. The third-order valence-electron chi connectivity index (χ3n) is 4.22. The Bertz CT molecular complexity index is 841. The smallest absolute Gasteiger partial charge is 0.218 e. The molecule has 0 unspecified atom stereocenters. The number of ether oxygens (including phenoxy) is 1. The molecule has 140 valence electrons. The van der Waals surface area contributed by atoms with Gasteiger partial charge in [0.25, 0.3) is 0 Å². The van der Waals surface area contributed by atoms with Crippen LogP contribution in [0.25, 0.3) is 0 Å². The standard InChI is InChI=1S/C18H20Cl2N2O3S/c19-17-7-6-14(10-18(17)20)13-26(23,24)22(12-16-5-3-9-25-16)11-15-4-1-2-8-21-15/h1-2,4,6-8,10,16H,3,5,9,11-13H2/t16-/m1/s1. The Labute approximate surface area is 163 Å². The number of hydrogen-bond donors (Lipinski definition) is 0. The lowest BCUT2D eigenvalue weighted by Crippen LogP contribution is -2.37. The van der Waals surface area contributed by atoms with E-state index in [2.05, 4.69) is 4.98 Å². The van der Waals surface area contributed by atoms with Crippen LogP contribution in [0.1, 0.15) is 24.1 Å². The maximum absolute atomic E-state index is 13.1. The number of sulfonamides is 1. The van der Waals surface area contributed by atoms with E-state index in [0.29, 0.717) is 34.5 Å². The fourth-order valence-electron chi connectivity index (χ4n) is 2.90. The first kappa shape index (κ1) is 19.6. The number of rotatable bonds is 7. The maximum Gasteiger partial charge on any atom is 0.218 e. The Morgan fingerprint density at radius 3 is 2.69 bits per heavy atom. The molecular weight excluding hydrogens is 395 g/mol. The molecule has 5 nitrogen and oxygen atoms in total. The van der Waals surface area contributed by atoms with Crippen molar-refractivity contribution in [1.29, 1.82) is 0 Å². The van der Waals surface area contributed by atoms with Crippen LogP contribution in [0, 0.1) is 0 Å². The molecular formula is C18H20Cl2N2O3S. The highest BCUT2D eigenvalue weighted by atomic mass is 35.5. The zero-order chi connectivity index (χ0) is 18.6. The third-order valence-corrected chi connectivity index (χ3v) is 6.72. The molecule has 1 aliphatic heterocycles. The van der Waals surface area contributed by atoms with Crippen LogP contribution in [-0.4, -0.2) is 37.0 Å². The average Bonchev–Trinajstić information content (AvgIpc) is 3.11. The van der Waals surface area contributed by atoms with Crippen LogP contribution in [0.4, 0.5) is 0 Å². The molecule has 1 aromatic carbocycles. The van der Waals surface area contributed by atoms with Crippen molar-refractivity contribution in [3.05, 3.63) is 63.9 Å². The number of nitrogens with zero attached hydrogens (tertiary/aromatic N) is 2. The third kappa shape index (κ3) is 5.18. The topological polar surface area (TPSA) is 59.5 Å². The van der Waals surface area contributed by atoms with Gasteiger partial charge in [-0.2, -0.15) is 4.31 Å². The molecule has 1 atom stereocenters. The summed E-state index contributed by atoms with van der Waals surface area (Å²) >= 11 is 11.9. The minimum atomic E-state index is -3.58. The summed E-state index contributed by atoms with van der Waals surface area (Å²) in [5, 5.41) is 0.743. The molecule has 0 radical (unpaired) electrons. The monoisotopic (exact) mass is 414 g/mol. The van der Waals surface area contributed by atoms with Crippen LogP contribution in [0.3, 0.4) is 0 Å². The normalized spacial score (nSPS) is 17.7. The minimum Gasteiger partial charge on any atom is -0.377 e. The van der Waals surface area contributed by atoms with Crippen molar-refractivity contribution in [2.24, 2.45) is 0 Å². The molecule has 2 heterocycles. The fraction of sp³-hybridized carbons (Fsp3) is 0.389. The highest BCUT2D eigenvalue weighted by Gasteiger charge is 2.28. The van der Waals surface area contributed by atoms with Crippen molar-refractivity contribution in [2.45, 2.75) is 31.2 Å². The maximum atomic E-state index is 13.1. The molecule has 3 rings (SSSR count). The van der Waals surface area contributed by atoms with E-state index < -0.39 is 10.0 Å². The number of hydrogen-bond acceptors (Lipinski definition) is 4. The Hall–Kier alpha value is -1.18. The molecule has 1 aromatic heterocycles. The summed E-state index contributed by atoms with van der Waals surface area (Å²) in [6, 6.07) is 10.3. The van der Waals surface area contributed by atoms with Crippen molar-refractivity contribution in [3.63, 3.8) is 0 Å². The predicted molar refractivity (Wildman–Crippen MR) is 103 cm³/mol. The number of aromatic nitrogens is 1.